The zero-order chi connectivity index (χ0) is 15.7. The largest absolute Gasteiger partial charge is 0.496 e. The first-order valence-corrected chi connectivity index (χ1v) is 6.72. The molecule has 3 aromatic rings. The Kier molecular flexibility index (Phi) is 3.60. The molecule has 3 rings (SSSR count). The van der Waals surface area contributed by atoms with Crippen LogP contribution >= 0.6 is 11.6 Å². The number of halogens is 1. The highest BCUT2D eigenvalue weighted by Gasteiger charge is 2.13. The number of hydrogen-bond acceptors (Lipinski definition) is 4. The molecule has 0 atom stereocenters. The Bertz CT molecular complexity index is 913. The number of amides is 1. The average Bonchev–Trinajstić information content (AvgIpc) is 2.86. The number of rotatable bonds is 3. The van der Waals surface area contributed by atoms with Crippen LogP contribution in [0.15, 0.2) is 45.6 Å². The normalized spacial score (nSPS) is 10.6. The first-order chi connectivity index (χ1) is 10.6. The van der Waals surface area contributed by atoms with E-state index in [9.17, 15) is 9.59 Å². The summed E-state index contributed by atoms with van der Waals surface area (Å²) in [7, 11) is 1.47. The van der Waals surface area contributed by atoms with E-state index in [1.807, 2.05) is 0 Å². The van der Waals surface area contributed by atoms with Crippen molar-refractivity contribution in [3.8, 4) is 5.75 Å². The molecule has 0 fully saturated rings. The Morgan fingerprint density at radius 2 is 2.09 bits per heavy atom. The fraction of sp³-hybridized carbons (Fsp3) is 0.0667. The molecule has 2 N–H and O–H groups in total. The molecule has 0 saturated heterocycles. The van der Waals surface area contributed by atoms with Gasteiger partial charge >= 0.3 is 5.76 Å². The molecule has 0 aliphatic carbocycles. The second kappa shape index (κ2) is 5.57. The third-order valence-corrected chi connectivity index (χ3v) is 3.32. The number of anilines is 1. The fourth-order valence-corrected chi connectivity index (χ4v) is 2.26. The summed E-state index contributed by atoms with van der Waals surface area (Å²) in [6, 6.07) is 9.61. The Hall–Kier alpha value is -2.73. The molecule has 0 radical (unpaired) electrons. The van der Waals surface area contributed by atoms with Gasteiger partial charge in [-0.05, 0) is 36.4 Å². The van der Waals surface area contributed by atoms with E-state index >= 15 is 0 Å². The molecule has 0 saturated carbocycles. The van der Waals surface area contributed by atoms with E-state index in [4.69, 9.17) is 20.8 Å². The number of ether oxygens (including phenoxy) is 1. The van der Waals surface area contributed by atoms with Crippen molar-refractivity contribution in [2.45, 2.75) is 0 Å². The van der Waals surface area contributed by atoms with E-state index in [0.717, 1.165) is 0 Å². The van der Waals surface area contributed by atoms with E-state index < -0.39 is 5.76 Å². The van der Waals surface area contributed by atoms with Gasteiger partial charge in [0.1, 0.15) is 5.75 Å². The number of aromatic nitrogens is 1. The molecule has 1 amide bonds. The highest BCUT2D eigenvalue weighted by atomic mass is 35.5. The predicted molar refractivity (Wildman–Crippen MR) is 82.8 cm³/mol. The first-order valence-electron chi connectivity index (χ1n) is 6.34. The molecular weight excluding hydrogens is 308 g/mol. The maximum Gasteiger partial charge on any atom is 0.417 e. The lowest BCUT2D eigenvalue weighted by Crippen LogP contribution is -2.13. The number of H-pyrrole nitrogens is 1. The summed E-state index contributed by atoms with van der Waals surface area (Å²) in [5, 5.41) is 3.15. The van der Waals surface area contributed by atoms with Crippen LogP contribution in [0.2, 0.25) is 5.02 Å². The van der Waals surface area contributed by atoms with Crippen LogP contribution in [-0.2, 0) is 0 Å². The molecule has 0 spiro atoms. The number of carbonyl (C=O) groups excluding carboxylic acids is 1. The zero-order valence-electron chi connectivity index (χ0n) is 11.5. The molecule has 6 nitrogen and oxygen atoms in total. The number of benzene rings is 2. The molecule has 2 aromatic carbocycles. The minimum absolute atomic E-state index is 0.316. The van der Waals surface area contributed by atoms with E-state index in [1.165, 1.54) is 13.2 Å². The van der Waals surface area contributed by atoms with Gasteiger partial charge in [0.2, 0.25) is 0 Å². The second-order valence-electron chi connectivity index (χ2n) is 4.52. The third kappa shape index (κ3) is 2.68. The smallest absolute Gasteiger partial charge is 0.417 e. The molecule has 0 bridgehead atoms. The van der Waals surface area contributed by atoms with Crippen molar-refractivity contribution < 1.29 is 13.9 Å². The van der Waals surface area contributed by atoms with E-state index in [1.54, 1.807) is 30.3 Å². The van der Waals surface area contributed by atoms with E-state index in [-0.39, 0.29) is 5.91 Å². The molecule has 7 heteroatoms. The van der Waals surface area contributed by atoms with Gasteiger partial charge in [0.25, 0.3) is 5.91 Å². The number of carbonyl (C=O) groups is 1. The monoisotopic (exact) mass is 318 g/mol. The first kappa shape index (κ1) is 14.2. The maximum atomic E-state index is 12.3. The number of nitrogens with one attached hydrogen (secondary N) is 2. The van der Waals surface area contributed by atoms with Crippen molar-refractivity contribution in [1.29, 1.82) is 0 Å². The van der Waals surface area contributed by atoms with Crippen LogP contribution in [-0.4, -0.2) is 18.0 Å². The van der Waals surface area contributed by atoms with E-state index in [2.05, 4.69) is 10.3 Å². The minimum atomic E-state index is -0.546. The van der Waals surface area contributed by atoms with Crippen LogP contribution in [0.3, 0.4) is 0 Å². The highest BCUT2D eigenvalue weighted by molar-refractivity contribution is 6.31. The van der Waals surface area contributed by atoms with Crippen LogP contribution in [0.1, 0.15) is 10.4 Å². The predicted octanol–water partition coefficient (Wildman–Crippen LogP) is 3.04. The van der Waals surface area contributed by atoms with Gasteiger partial charge in [0.05, 0.1) is 18.2 Å². The minimum Gasteiger partial charge on any atom is -0.496 e. The van der Waals surface area contributed by atoms with Crippen LogP contribution in [0.5, 0.6) is 5.75 Å². The molecule has 22 heavy (non-hydrogen) atoms. The number of hydrogen-bond donors (Lipinski definition) is 2. The van der Waals surface area contributed by atoms with Gasteiger partial charge in [-0.25, -0.2) is 4.79 Å². The molecule has 0 aliphatic heterocycles. The fourth-order valence-electron chi connectivity index (χ4n) is 2.09. The van der Waals surface area contributed by atoms with Crippen molar-refractivity contribution in [3.05, 3.63) is 57.5 Å². The summed E-state index contributed by atoms with van der Waals surface area (Å²) in [5.41, 5.74) is 1.75. The number of oxazole rings is 1. The van der Waals surface area contributed by atoms with Crippen LogP contribution in [0, 0.1) is 0 Å². The van der Waals surface area contributed by atoms with Crippen LogP contribution in [0.4, 0.5) is 5.69 Å². The van der Waals surface area contributed by atoms with Crippen LogP contribution < -0.4 is 15.8 Å². The summed E-state index contributed by atoms with van der Waals surface area (Å²) in [6.07, 6.45) is 0. The zero-order valence-corrected chi connectivity index (χ0v) is 12.2. The van der Waals surface area contributed by atoms with Gasteiger partial charge in [-0.3, -0.25) is 9.78 Å². The molecule has 0 aliphatic rings. The van der Waals surface area contributed by atoms with Gasteiger partial charge in [0, 0.05) is 10.7 Å². The standard InChI is InChI=1S/C15H11ClN2O4/c1-21-12-4-2-8(16)6-10(12)14(19)17-9-3-5-13-11(7-9)18-15(20)22-13/h2-7H,1H3,(H,17,19)(H,18,20). The van der Waals surface area contributed by atoms with Crippen molar-refractivity contribution in [3.63, 3.8) is 0 Å². The van der Waals surface area contributed by atoms with Gasteiger partial charge in [0.15, 0.2) is 5.58 Å². The van der Waals surface area contributed by atoms with Crippen molar-refractivity contribution in [2.24, 2.45) is 0 Å². The third-order valence-electron chi connectivity index (χ3n) is 3.08. The highest BCUT2D eigenvalue weighted by Crippen LogP contribution is 2.24. The molecule has 112 valence electrons. The second-order valence-corrected chi connectivity index (χ2v) is 4.96. The van der Waals surface area contributed by atoms with Crippen molar-refractivity contribution >= 4 is 34.3 Å². The average molecular weight is 319 g/mol. The lowest BCUT2D eigenvalue weighted by Gasteiger charge is -2.09. The van der Waals surface area contributed by atoms with E-state index in [0.29, 0.717) is 33.1 Å². The summed E-state index contributed by atoms with van der Waals surface area (Å²) in [5.74, 6) is -0.501. The van der Waals surface area contributed by atoms with Crippen LogP contribution in [0.25, 0.3) is 11.1 Å². The van der Waals surface area contributed by atoms with Crippen molar-refractivity contribution in [1.82, 2.24) is 4.98 Å². The Labute approximate surface area is 129 Å². The van der Waals surface area contributed by atoms with Gasteiger partial charge in [-0.15, -0.1) is 0 Å². The summed E-state index contributed by atoms with van der Waals surface area (Å²) in [4.78, 5) is 26.0. The summed E-state index contributed by atoms with van der Waals surface area (Å²) < 4.78 is 10.1. The summed E-state index contributed by atoms with van der Waals surface area (Å²) >= 11 is 5.91. The maximum absolute atomic E-state index is 12.3. The molecule has 0 unspecified atom stereocenters. The molecule has 1 aromatic heterocycles. The number of methoxy groups -OCH3 is 1. The Balaban J connectivity index is 1.92. The lowest BCUT2D eigenvalue weighted by atomic mass is 10.1. The SMILES string of the molecule is COc1ccc(Cl)cc1C(=O)Nc1ccc2oc(=O)[nH]c2c1. The number of fused-ring (bicyclic) bond motifs is 1. The van der Waals surface area contributed by atoms with Crippen molar-refractivity contribution in [2.75, 3.05) is 12.4 Å². The molecule has 1 heterocycles. The lowest BCUT2D eigenvalue weighted by molar-refractivity contribution is 0.102. The Morgan fingerprint density at radius 1 is 1.27 bits per heavy atom. The summed E-state index contributed by atoms with van der Waals surface area (Å²) in [6.45, 7) is 0. The molecular formula is C15H11ClN2O4. The Morgan fingerprint density at radius 3 is 2.86 bits per heavy atom. The topological polar surface area (TPSA) is 84.3 Å². The van der Waals surface area contributed by atoms with Gasteiger partial charge in [-0.1, -0.05) is 11.6 Å². The van der Waals surface area contributed by atoms with Gasteiger partial charge < -0.3 is 14.5 Å². The number of aromatic amines is 1. The van der Waals surface area contributed by atoms with Gasteiger partial charge in [-0.2, -0.15) is 0 Å². The quantitative estimate of drug-likeness (QED) is 0.777.